The number of halogens is 2. The van der Waals surface area contributed by atoms with Gasteiger partial charge in [0, 0.05) is 4.47 Å². The van der Waals surface area contributed by atoms with E-state index >= 15 is 0 Å². The molecule has 0 aromatic heterocycles. The topological polar surface area (TPSA) is 57.1 Å². The molecule has 2 aromatic rings. The molecule has 0 saturated heterocycles. The van der Waals surface area contributed by atoms with E-state index in [1.165, 1.54) is 0 Å². The molecule has 0 saturated carbocycles. The third-order valence-electron chi connectivity index (χ3n) is 4.17. The van der Waals surface area contributed by atoms with Crippen molar-refractivity contribution in [1.82, 2.24) is 0 Å². The van der Waals surface area contributed by atoms with Gasteiger partial charge in [-0.3, -0.25) is 0 Å². The first-order chi connectivity index (χ1) is 13.4. The molecule has 1 aliphatic heterocycles. The van der Waals surface area contributed by atoms with Gasteiger partial charge in [0.2, 0.25) is 5.90 Å². The van der Waals surface area contributed by atoms with Gasteiger partial charge in [0.25, 0.3) is 0 Å². The normalized spacial score (nSPS) is 16.0. The number of methoxy groups -OCH3 is 1. The van der Waals surface area contributed by atoms with E-state index in [0.717, 1.165) is 26.5 Å². The number of hydrogen-bond donors (Lipinski definition) is 0. The summed E-state index contributed by atoms with van der Waals surface area (Å²) in [4.78, 5) is 16.6. The first kappa shape index (κ1) is 20.6. The van der Waals surface area contributed by atoms with Crippen molar-refractivity contribution >= 4 is 49.8 Å². The van der Waals surface area contributed by atoms with Crippen LogP contribution in [0, 0.1) is 0 Å². The van der Waals surface area contributed by atoms with Crippen molar-refractivity contribution in [3.8, 4) is 11.5 Å². The molecule has 1 heterocycles. The second-order valence-electron chi connectivity index (χ2n) is 6.19. The van der Waals surface area contributed by atoms with Crippen molar-refractivity contribution < 1.29 is 19.0 Å². The van der Waals surface area contributed by atoms with Crippen LogP contribution in [0.3, 0.4) is 0 Å². The molecule has 0 fully saturated rings. The Morgan fingerprint density at radius 3 is 2.64 bits per heavy atom. The second-order valence-corrected chi connectivity index (χ2v) is 7.90. The van der Waals surface area contributed by atoms with Crippen LogP contribution in [0.15, 0.2) is 56.0 Å². The molecule has 1 aliphatic rings. The maximum Gasteiger partial charge on any atom is 0.363 e. The van der Waals surface area contributed by atoms with Crippen molar-refractivity contribution in [2.45, 2.75) is 26.4 Å². The van der Waals surface area contributed by atoms with E-state index in [1.807, 2.05) is 37.3 Å². The molecule has 146 valence electrons. The monoisotopic (exact) mass is 507 g/mol. The molecule has 0 radical (unpaired) electrons. The van der Waals surface area contributed by atoms with E-state index in [9.17, 15) is 4.79 Å². The summed E-state index contributed by atoms with van der Waals surface area (Å²) in [7, 11) is 1.58. The van der Waals surface area contributed by atoms with Crippen LogP contribution >= 0.6 is 31.9 Å². The fraction of sp³-hybridized carbons (Fsp3) is 0.238. The molecule has 1 atom stereocenters. The van der Waals surface area contributed by atoms with Gasteiger partial charge in [-0.15, -0.1) is 0 Å². The average molecular weight is 509 g/mol. The van der Waals surface area contributed by atoms with E-state index in [-0.39, 0.29) is 17.7 Å². The number of rotatable bonds is 6. The molecule has 0 aliphatic carbocycles. The van der Waals surface area contributed by atoms with E-state index in [2.05, 4.69) is 43.8 Å². The maximum absolute atomic E-state index is 12.3. The predicted molar refractivity (Wildman–Crippen MR) is 116 cm³/mol. The predicted octanol–water partition coefficient (Wildman–Crippen LogP) is 5.74. The van der Waals surface area contributed by atoms with Crippen LogP contribution in [-0.4, -0.2) is 25.1 Å². The number of ether oxygens (including phenoxy) is 3. The van der Waals surface area contributed by atoms with Crippen LogP contribution in [0.5, 0.6) is 11.5 Å². The summed E-state index contributed by atoms with van der Waals surface area (Å²) in [5, 5.41) is 0. The lowest BCUT2D eigenvalue weighted by atomic mass is 10.1. The Labute approximate surface area is 180 Å². The van der Waals surface area contributed by atoms with Gasteiger partial charge in [0.05, 0.1) is 23.2 Å². The van der Waals surface area contributed by atoms with Crippen LogP contribution in [0.1, 0.15) is 31.4 Å². The van der Waals surface area contributed by atoms with Crippen molar-refractivity contribution in [3.63, 3.8) is 0 Å². The highest BCUT2D eigenvalue weighted by atomic mass is 79.9. The molecule has 0 bridgehead atoms. The van der Waals surface area contributed by atoms with Crippen molar-refractivity contribution in [2.24, 2.45) is 4.99 Å². The molecule has 2 aromatic carbocycles. The quantitative estimate of drug-likeness (QED) is 0.368. The summed E-state index contributed by atoms with van der Waals surface area (Å²) in [5.74, 6) is 0.973. The highest BCUT2D eigenvalue weighted by molar-refractivity contribution is 9.10. The minimum atomic E-state index is -0.499. The molecular formula is C21H19Br2NO4. The Morgan fingerprint density at radius 2 is 1.96 bits per heavy atom. The number of benzene rings is 2. The SMILES string of the molecule is CCC(C)Oc1c(Br)cc(/C=C2\N=C(c3ccccc3Br)OC2=O)cc1OC. The molecule has 0 amide bonds. The lowest BCUT2D eigenvalue weighted by molar-refractivity contribution is -0.129. The number of carbonyl (C=O) groups is 1. The molecule has 3 rings (SSSR count). The van der Waals surface area contributed by atoms with Crippen LogP contribution < -0.4 is 9.47 Å². The van der Waals surface area contributed by atoms with Crippen molar-refractivity contribution in [2.75, 3.05) is 7.11 Å². The molecule has 7 heteroatoms. The minimum absolute atomic E-state index is 0.0516. The van der Waals surface area contributed by atoms with E-state index in [0.29, 0.717) is 11.5 Å². The van der Waals surface area contributed by atoms with Gasteiger partial charge >= 0.3 is 5.97 Å². The maximum atomic E-state index is 12.3. The van der Waals surface area contributed by atoms with Gasteiger partial charge < -0.3 is 14.2 Å². The molecule has 1 unspecified atom stereocenters. The third kappa shape index (κ3) is 4.47. The summed E-state index contributed by atoms with van der Waals surface area (Å²) in [6.07, 6.45) is 2.59. The van der Waals surface area contributed by atoms with Crippen molar-refractivity contribution in [3.05, 3.63) is 62.2 Å². The van der Waals surface area contributed by atoms with Crippen LogP contribution in [0.2, 0.25) is 0 Å². The second kappa shape index (κ2) is 8.92. The lowest BCUT2D eigenvalue weighted by Crippen LogP contribution is -2.11. The van der Waals surface area contributed by atoms with Gasteiger partial charge in [-0.05, 0) is 81.1 Å². The van der Waals surface area contributed by atoms with Gasteiger partial charge in [-0.2, -0.15) is 0 Å². The van der Waals surface area contributed by atoms with Gasteiger partial charge in [0.15, 0.2) is 17.2 Å². The Balaban J connectivity index is 1.96. The smallest absolute Gasteiger partial charge is 0.363 e. The highest BCUT2D eigenvalue weighted by Crippen LogP contribution is 2.38. The number of nitrogens with zero attached hydrogens (tertiary/aromatic N) is 1. The van der Waals surface area contributed by atoms with Gasteiger partial charge in [-0.1, -0.05) is 19.1 Å². The molecule has 0 spiro atoms. The average Bonchev–Trinajstić information content (AvgIpc) is 3.03. The summed E-state index contributed by atoms with van der Waals surface area (Å²) in [6.45, 7) is 4.05. The number of hydrogen-bond acceptors (Lipinski definition) is 5. The van der Waals surface area contributed by atoms with E-state index in [1.54, 1.807) is 19.3 Å². The minimum Gasteiger partial charge on any atom is -0.493 e. The van der Waals surface area contributed by atoms with E-state index in [4.69, 9.17) is 14.2 Å². The third-order valence-corrected chi connectivity index (χ3v) is 5.45. The molecule has 5 nitrogen and oxygen atoms in total. The fourth-order valence-electron chi connectivity index (χ4n) is 2.54. The number of cyclic esters (lactones) is 1. The van der Waals surface area contributed by atoms with E-state index < -0.39 is 5.97 Å². The Morgan fingerprint density at radius 1 is 1.21 bits per heavy atom. The first-order valence-corrected chi connectivity index (χ1v) is 10.3. The molecule has 28 heavy (non-hydrogen) atoms. The summed E-state index contributed by atoms with van der Waals surface area (Å²) in [6, 6.07) is 11.1. The fourth-order valence-corrected chi connectivity index (χ4v) is 3.55. The zero-order valence-electron chi connectivity index (χ0n) is 15.7. The summed E-state index contributed by atoms with van der Waals surface area (Å²) in [5.41, 5.74) is 1.68. The van der Waals surface area contributed by atoms with Crippen LogP contribution in [0.25, 0.3) is 6.08 Å². The van der Waals surface area contributed by atoms with Crippen LogP contribution in [-0.2, 0) is 9.53 Å². The summed E-state index contributed by atoms with van der Waals surface area (Å²) < 4.78 is 18.3. The molecule has 0 N–H and O–H groups in total. The Kier molecular flexibility index (Phi) is 6.57. The highest BCUT2D eigenvalue weighted by Gasteiger charge is 2.25. The van der Waals surface area contributed by atoms with Gasteiger partial charge in [0.1, 0.15) is 0 Å². The largest absolute Gasteiger partial charge is 0.493 e. The number of esters is 1. The Bertz CT molecular complexity index is 969. The van der Waals surface area contributed by atoms with Gasteiger partial charge in [-0.25, -0.2) is 9.79 Å². The zero-order chi connectivity index (χ0) is 20.3. The number of carbonyl (C=O) groups excluding carboxylic acids is 1. The zero-order valence-corrected chi connectivity index (χ0v) is 18.8. The number of aliphatic imine (C=N–C) groups is 1. The standard InChI is InChI=1S/C21H19Br2NO4/c1-4-12(2)27-19-16(23)9-13(11-18(19)26-3)10-17-21(25)28-20(24-17)14-7-5-6-8-15(14)22/h5-12H,4H2,1-3H3/b17-10-. The van der Waals surface area contributed by atoms with Crippen molar-refractivity contribution in [1.29, 1.82) is 0 Å². The lowest BCUT2D eigenvalue weighted by Gasteiger charge is -2.17. The first-order valence-electron chi connectivity index (χ1n) is 8.74. The summed E-state index contributed by atoms with van der Waals surface area (Å²) >= 11 is 6.97. The Hall–Kier alpha value is -2.12. The molecular weight excluding hydrogens is 490 g/mol. The van der Waals surface area contributed by atoms with Crippen LogP contribution in [0.4, 0.5) is 0 Å².